The van der Waals surface area contributed by atoms with Crippen LogP contribution in [0.3, 0.4) is 0 Å². The fourth-order valence-electron chi connectivity index (χ4n) is 3.32. The molecule has 1 aliphatic heterocycles. The minimum atomic E-state index is -2.90. The molecule has 7 nitrogen and oxygen atoms in total. The predicted molar refractivity (Wildman–Crippen MR) is 111 cm³/mol. The number of thioether (sulfide) groups is 1. The van der Waals surface area contributed by atoms with Crippen LogP contribution in [0.25, 0.3) is 0 Å². The molecule has 0 aliphatic carbocycles. The number of benzene rings is 1. The molecule has 28 heavy (non-hydrogen) atoms. The minimum absolute atomic E-state index is 0.0935. The van der Waals surface area contributed by atoms with E-state index in [2.05, 4.69) is 15.5 Å². The Morgan fingerprint density at radius 2 is 2.11 bits per heavy atom. The van der Waals surface area contributed by atoms with E-state index < -0.39 is 9.84 Å². The SMILES string of the molecule is Cc1ccc(NC(=O)[C@H](C)Sc2nnc(C[C@@H]3CCS(=O)(=O)C3)n2C)c(C)c1. The number of anilines is 1. The lowest BCUT2D eigenvalue weighted by molar-refractivity contribution is -0.115. The molecule has 1 fully saturated rings. The molecule has 9 heteroatoms. The molecule has 1 saturated heterocycles. The lowest BCUT2D eigenvalue weighted by Crippen LogP contribution is -2.23. The van der Waals surface area contributed by atoms with Crippen LogP contribution in [0.1, 0.15) is 30.3 Å². The summed E-state index contributed by atoms with van der Waals surface area (Å²) in [6, 6.07) is 5.92. The van der Waals surface area contributed by atoms with Crippen LogP contribution < -0.4 is 5.32 Å². The predicted octanol–water partition coefficient (Wildman–Crippen LogP) is 2.53. The zero-order valence-corrected chi connectivity index (χ0v) is 18.2. The fraction of sp³-hybridized carbons (Fsp3) is 0.526. The van der Waals surface area contributed by atoms with Gasteiger partial charge in [-0.2, -0.15) is 0 Å². The number of sulfone groups is 1. The highest BCUT2D eigenvalue weighted by molar-refractivity contribution is 8.00. The molecule has 1 aromatic carbocycles. The summed E-state index contributed by atoms with van der Waals surface area (Å²) in [7, 11) is -1.05. The molecule has 152 valence electrons. The van der Waals surface area contributed by atoms with E-state index in [1.54, 1.807) is 0 Å². The maximum absolute atomic E-state index is 12.6. The molecule has 1 aliphatic rings. The van der Waals surface area contributed by atoms with Gasteiger partial charge in [-0.15, -0.1) is 10.2 Å². The van der Waals surface area contributed by atoms with Crippen molar-refractivity contribution in [2.75, 3.05) is 16.8 Å². The van der Waals surface area contributed by atoms with Crippen LogP contribution in [-0.2, 0) is 28.1 Å². The Morgan fingerprint density at radius 3 is 2.75 bits per heavy atom. The van der Waals surface area contributed by atoms with Gasteiger partial charge in [0.25, 0.3) is 0 Å². The summed E-state index contributed by atoms with van der Waals surface area (Å²) in [5, 5.41) is 11.7. The van der Waals surface area contributed by atoms with Gasteiger partial charge in [0.2, 0.25) is 5.91 Å². The molecule has 0 unspecified atom stereocenters. The van der Waals surface area contributed by atoms with E-state index in [1.165, 1.54) is 11.8 Å². The van der Waals surface area contributed by atoms with Gasteiger partial charge >= 0.3 is 0 Å². The van der Waals surface area contributed by atoms with Gasteiger partial charge in [0.1, 0.15) is 5.82 Å². The average molecular weight is 423 g/mol. The van der Waals surface area contributed by atoms with E-state index in [9.17, 15) is 13.2 Å². The summed E-state index contributed by atoms with van der Waals surface area (Å²) < 4.78 is 25.1. The lowest BCUT2D eigenvalue weighted by Gasteiger charge is -2.14. The smallest absolute Gasteiger partial charge is 0.237 e. The molecule has 0 saturated carbocycles. The van der Waals surface area contributed by atoms with Gasteiger partial charge in [-0.1, -0.05) is 29.5 Å². The Labute approximate surface area is 170 Å². The zero-order valence-electron chi connectivity index (χ0n) is 16.6. The van der Waals surface area contributed by atoms with Crippen molar-refractivity contribution in [3.05, 3.63) is 35.2 Å². The summed E-state index contributed by atoms with van der Waals surface area (Å²) in [5.41, 5.74) is 2.99. The lowest BCUT2D eigenvalue weighted by atomic mass is 10.1. The second-order valence-corrected chi connectivity index (χ2v) is 11.0. The Bertz CT molecular complexity index is 985. The molecule has 0 radical (unpaired) electrons. The van der Waals surface area contributed by atoms with E-state index in [4.69, 9.17) is 0 Å². The molecule has 3 rings (SSSR count). The normalized spacial score (nSPS) is 19.5. The van der Waals surface area contributed by atoms with Crippen molar-refractivity contribution >= 4 is 33.2 Å². The number of rotatable bonds is 6. The van der Waals surface area contributed by atoms with Crippen LogP contribution in [0, 0.1) is 19.8 Å². The van der Waals surface area contributed by atoms with Crippen LogP contribution in [0.4, 0.5) is 5.69 Å². The second kappa shape index (κ2) is 8.24. The average Bonchev–Trinajstić information content (AvgIpc) is 3.13. The van der Waals surface area contributed by atoms with Crippen molar-refractivity contribution in [2.24, 2.45) is 13.0 Å². The number of hydrogen-bond donors (Lipinski definition) is 1. The number of carbonyl (C=O) groups excluding carboxylic acids is 1. The van der Waals surface area contributed by atoms with Gasteiger partial charge in [0.15, 0.2) is 15.0 Å². The first-order chi connectivity index (χ1) is 13.1. The molecule has 1 aromatic heterocycles. The standard InChI is InChI=1S/C19H26N4O3S2/c1-12-5-6-16(13(2)9-12)20-18(24)14(3)27-19-22-21-17(23(19)4)10-15-7-8-28(25,26)11-15/h5-6,9,14-15H,7-8,10-11H2,1-4H3,(H,20,24)/t14-,15-/m0/s1. The summed E-state index contributed by atoms with van der Waals surface area (Å²) in [6.07, 6.45) is 1.26. The second-order valence-electron chi connectivity index (χ2n) is 7.50. The summed E-state index contributed by atoms with van der Waals surface area (Å²) in [4.78, 5) is 12.6. The highest BCUT2D eigenvalue weighted by Gasteiger charge is 2.29. The number of aryl methyl sites for hydroxylation is 2. The quantitative estimate of drug-likeness (QED) is 0.719. The number of carbonyl (C=O) groups is 1. The highest BCUT2D eigenvalue weighted by atomic mass is 32.2. The fourth-order valence-corrected chi connectivity index (χ4v) is 6.01. The van der Waals surface area contributed by atoms with Gasteiger partial charge < -0.3 is 9.88 Å². The van der Waals surface area contributed by atoms with Crippen LogP contribution >= 0.6 is 11.8 Å². The van der Waals surface area contributed by atoms with Gasteiger partial charge in [0.05, 0.1) is 16.8 Å². The summed E-state index contributed by atoms with van der Waals surface area (Å²) in [5.74, 6) is 1.23. The molecule has 0 spiro atoms. The first-order valence-electron chi connectivity index (χ1n) is 9.28. The van der Waals surface area contributed by atoms with Crippen LogP contribution in [0.2, 0.25) is 0 Å². The first-order valence-corrected chi connectivity index (χ1v) is 12.0. The van der Waals surface area contributed by atoms with E-state index in [-0.39, 0.29) is 28.6 Å². The number of aromatic nitrogens is 3. The number of amides is 1. The third kappa shape index (κ3) is 4.94. The Hall–Kier alpha value is -1.87. The van der Waals surface area contributed by atoms with Gasteiger partial charge in [0, 0.05) is 19.2 Å². The van der Waals surface area contributed by atoms with Gasteiger partial charge in [-0.25, -0.2) is 8.42 Å². The summed E-state index contributed by atoms with van der Waals surface area (Å²) in [6.45, 7) is 5.82. The van der Waals surface area contributed by atoms with E-state index >= 15 is 0 Å². The highest BCUT2D eigenvalue weighted by Crippen LogP contribution is 2.26. The maximum Gasteiger partial charge on any atom is 0.237 e. The third-order valence-electron chi connectivity index (χ3n) is 5.01. The maximum atomic E-state index is 12.6. The molecule has 0 bridgehead atoms. The number of nitrogens with one attached hydrogen (secondary N) is 1. The molecule has 2 atom stereocenters. The van der Waals surface area contributed by atoms with Crippen molar-refractivity contribution in [3.8, 4) is 0 Å². The van der Waals surface area contributed by atoms with Crippen molar-refractivity contribution in [1.29, 1.82) is 0 Å². The molecule has 1 amide bonds. The Morgan fingerprint density at radius 1 is 1.36 bits per heavy atom. The van der Waals surface area contributed by atoms with Crippen molar-refractivity contribution in [2.45, 2.75) is 44.0 Å². The molecular weight excluding hydrogens is 396 g/mol. The summed E-state index contributed by atoms with van der Waals surface area (Å²) >= 11 is 1.34. The van der Waals surface area contributed by atoms with Gasteiger partial charge in [-0.05, 0) is 44.7 Å². The largest absolute Gasteiger partial charge is 0.325 e. The van der Waals surface area contributed by atoms with Gasteiger partial charge in [-0.3, -0.25) is 4.79 Å². The van der Waals surface area contributed by atoms with Crippen molar-refractivity contribution < 1.29 is 13.2 Å². The third-order valence-corrected chi connectivity index (χ3v) is 7.99. The number of nitrogens with zero attached hydrogens (tertiary/aromatic N) is 3. The molecule has 2 aromatic rings. The Balaban J connectivity index is 1.61. The van der Waals surface area contributed by atoms with E-state index in [1.807, 2.05) is 50.6 Å². The zero-order chi connectivity index (χ0) is 20.5. The minimum Gasteiger partial charge on any atom is -0.325 e. The molecule has 2 heterocycles. The van der Waals surface area contributed by atoms with E-state index in [0.717, 1.165) is 22.6 Å². The number of hydrogen-bond acceptors (Lipinski definition) is 6. The Kier molecular flexibility index (Phi) is 6.14. The van der Waals surface area contributed by atoms with E-state index in [0.29, 0.717) is 18.0 Å². The van der Waals surface area contributed by atoms with Crippen molar-refractivity contribution in [3.63, 3.8) is 0 Å². The molecular formula is C19H26N4O3S2. The van der Waals surface area contributed by atoms with Crippen LogP contribution in [0.5, 0.6) is 0 Å². The van der Waals surface area contributed by atoms with Crippen molar-refractivity contribution in [1.82, 2.24) is 14.8 Å². The van der Waals surface area contributed by atoms with Crippen LogP contribution in [-0.4, -0.2) is 45.8 Å². The molecule has 1 N–H and O–H groups in total. The topological polar surface area (TPSA) is 94.0 Å². The van der Waals surface area contributed by atoms with Crippen LogP contribution in [0.15, 0.2) is 23.4 Å². The first kappa shape index (κ1) is 20.9. The monoisotopic (exact) mass is 422 g/mol.